The smallest absolute Gasteiger partial charge is 0.252 e. The van der Waals surface area contributed by atoms with Crippen molar-refractivity contribution in [2.24, 2.45) is 0 Å². The lowest BCUT2D eigenvalue weighted by Crippen LogP contribution is -2.54. The Morgan fingerprint density at radius 2 is 1.90 bits per heavy atom. The van der Waals surface area contributed by atoms with E-state index in [1.165, 1.54) is 7.11 Å². The molecule has 3 aromatic rings. The molecule has 1 aliphatic rings. The average Bonchev–Trinajstić information content (AvgIpc) is 3.43. The molecular formula is C28H34N6O5S. The summed E-state index contributed by atoms with van der Waals surface area (Å²) in [6.07, 6.45) is 5.00. The standard InChI is InChI=1S/C28H34N6O5S/c1-38-24-10-9-20-16-25(24)39-13-6-12-34-18-21(32-33-34)17-29-27(36)23(15-19-7-4-3-5-8-19)31-28(37)22(11-14-40-2)30-26(20)35/h3-5,7-10,16,18,22-23H,6,11-15,17H2,1-2H3,(H,29,36)(H,30,35)(H,31,37)/t22-,23-/m0/s1. The van der Waals surface area contributed by atoms with Gasteiger partial charge in [0, 0.05) is 24.9 Å². The monoisotopic (exact) mass is 566 g/mol. The topological polar surface area (TPSA) is 136 Å². The maximum atomic E-state index is 13.5. The van der Waals surface area contributed by atoms with E-state index in [1.54, 1.807) is 40.8 Å². The fourth-order valence-electron chi connectivity index (χ4n) is 4.25. The third-order valence-corrected chi connectivity index (χ3v) is 7.04. The lowest BCUT2D eigenvalue weighted by Gasteiger charge is -2.23. The van der Waals surface area contributed by atoms with E-state index in [9.17, 15) is 14.4 Å². The second-order valence-electron chi connectivity index (χ2n) is 9.32. The predicted molar refractivity (Wildman–Crippen MR) is 151 cm³/mol. The van der Waals surface area contributed by atoms with Crippen LogP contribution in [0.3, 0.4) is 0 Å². The molecule has 2 aromatic carbocycles. The number of carbonyl (C=O) groups is 3. The highest BCUT2D eigenvalue weighted by Gasteiger charge is 2.27. The quantitative estimate of drug-likeness (QED) is 0.412. The second kappa shape index (κ2) is 14.4. The van der Waals surface area contributed by atoms with Crippen LogP contribution in [-0.4, -0.2) is 70.5 Å². The molecule has 40 heavy (non-hydrogen) atoms. The first-order valence-corrected chi connectivity index (χ1v) is 14.5. The molecule has 4 rings (SSSR count). The first kappa shape index (κ1) is 28.9. The largest absolute Gasteiger partial charge is 0.493 e. The van der Waals surface area contributed by atoms with Crippen molar-refractivity contribution in [1.29, 1.82) is 0 Å². The van der Waals surface area contributed by atoms with E-state index in [4.69, 9.17) is 9.47 Å². The second-order valence-corrected chi connectivity index (χ2v) is 10.3. The van der Waals surface area contributed by atoms with Crippen molar-refractivity contribution in [3.05, 3.63) is 71.5 Å². The van der Waals surface area contributed by atoms with Crippen LogP contribution in [0.2, 0.25) is 0 Å². The molecule has 0 unspecified atom stereocenters. The van der Waals surface area contributed by atoms with Crippen LogP contribution in [0, 0.1) is 0 Å². The summed E-state index contributed by atoms with van der Waals surface area (Å²) in [5, 5.41) is 16.9. The van der Waals surface area contributed by atoms with Gasteiger partial charge < -0.3 is 25.4 Å². The van der Waals surface area contributed by atoms with Crippen LogP contribution in [0.5, 0.6) is 11.5 Å². The molecule has 0 saturated heterocycles. The number of rotatable bonds is 6. The van der Waals surface area contributed by atoms with Gasteiger partial charge in [0.25, 0.3) is 5.91 Å². The van der Waals surface area contributed by atoms with Crippen molar-refractivity contribution in [3.8, 4) is 11.5 Å². The van der Waals surface area contributed by atoms with Gasteiger partial charge in [-0.05, 0) is 42.2 Å². The number of methoxy groups -OCH3 is 1. The van der Waals surface area contributed by atoms with Crippen LogP contribution in [0.4, 0.5) is 0 Å². The van der Waals surface area contributed by atoms with E-state index in [2.05, 4.69) is 26.3 Å². The Morgan fingerprint density at radius 3 is 2.67 bits per heavy atom. The fraction of sp³-hybridized carbons (Fsp3) is 0.393. The van der Waals surface area contributed by atoms with Crippen molar-refractivity contribution in [3.63, 3.8) is 0 Å². The summed E-state index contributed by atoms with van der Waals surface area (Å²) in [7, 11) is 1.53. The average molecular weight is 567 g/mol. The summed E-state index contributed by atoms with van der Waals surface area (Å²) < 4.78 is 13.0. The number of benzene rings is 2. The summed E-state index contributed by atoms with van der Waals surface area (Å²) >= 11 is 1.56. The molecule has 1 aromatic heterocycles. The first-order chi connectivity index (χ1) is 19.5. The Hall–Kier alpha value is -4.06. The van der Waals surface area contributed by atoms with Gasteiger partial charge in [-0.3, -0.25) is 19.1 Å². The third-order valence-electron chi connectivity index (χ3n) is 6.39. The van der Waals surface area contributed by atoms with Gasteiger partial charge in [-0.15, -0.1) is 5.10 Å². The molecule has 3 amide bonds. The number of hydrogen-bond acceptors (Lipinski definition) is 8. The van der Waals surface area contributed by atoms with Gasteiger partial charge in [-0.25, -0.2) is 0 Å². The molecule has 212 valence electrons. The van der Waals surface area contributed by atoms with Gasteiger partial charge in [0.1, 0.15) is 17.8 Å². The van der Waals surface area contributed by atoms with Crippen molar-refractivity contribution < 1.29 is 23.9 Å². The number of nitrogens with zero attached hydrogens (tertiary/aromatic N) is 3. The SMILES string of the molecule is COc1ccc2cc1OCCCn1cc(nn1)CNC(=O)[C@H](Cc1ccccc1)NC(=O)[C@H](CCSC)NC2=O. The number of hydrogen-bond donors (Lipinski definition) is 3. The summed E-state index contributed by atoms with van der Waals surface area (Å²) in [4.78, 5) is 40.0. The Bertz CT molecular complexity index is 1300. The van der Waals surface area contributed by atoms with Crippen LogP contribution in [0.1, 0.15) is 34.5 Å². The molecule has 0 spiro atoms. The summed E-state index contributed by atoms with van der Waals surface area (Å²) in [5.41, 5.74) is 1.81. The zero-order chi connectivity index (χ0) is 28.3. The maximum absolute atomic E-state index is 13.5. The maximum Gasteiger partial charge on any atom is 0.252 e. The molecule has 12 heteroatoms. The molecule has 2 heterocycles. The molecule has 4 bridgehead atoms. The Morgan fingerprint density at radius 1 is 1.07 bits per heavy atom. The fourth-order valence-corrected chi connectivity index (χ4v) is 4.72. The molecule has 2 atom stereocenters. The van der Waals surface area contributed by atoms with Crippen molar-refractivity contribution in [2.75, 3.05) is 25.7 Å². The number of ether oxygens (including phenoxy) is 2. The Labute approximate surface area is 237 Å². The highest BCUT2D eigenvalue weighted by molar-refractivity contribution is 7.98. The van der Waals surface area contributed by atoms with E-state index in [0.29, 0.717) is 54.5 Å². The van der Waals surface area contributed by atoms with Crippen molar-refractivity contribution in [2.45, 2.75) is 44.4 Å². The molecule has 0 radical (unpaired) electrons. The van der Waals surface area contributed by atoms with Gasteiger partial charge in [-0.1, -0.05) is 35.5 Å². The number of amides is 3. The normalized spacial score (nSPS) is 18.7. The number of fused-ring (bicyclic) bond motifs is 4. The number of aryl methyl sites for hydroxylation is 1. The molecule has 11 nitrogen and oxygen atoms in total. The summed E-state index contributed by atoms with van der Waals surface area (Å²) in [5.74, 6) is 0.344. The van der Waals surface area contributed by atoms with Gasteiger partial charge in [0.2, 0.25) is 11.8 Å². The zero-order valence-electron chi connectivity index (χ0n) is 22.6. The molecule has 0 saturated carbocycles. The number of thioether (sulfide) groups is 1. The number of aromatic nitrogens is 3. The zero-order valence-corrected chi connectivity index (χ0v) is 23.4. The van der Waals surface area contributed by atoms with Gasteiger partial charge in [-0.2, -0.15) is 11.8 Å². The van der Waals surface area contributed by atoms with E-state index in [-0.39, 0.29) is 18.9 Å². The van der Waals surface area contributed by atoms with E-state index in [0.717, 1.165) is 5.56 Å². The molecular weight excluding hydrogens is 532 g/mol. The summed E-state index contributed by atoms with van der Waals surface area (Å²) in [6.45, 7) is 1.06. The molecule has 0 aliphatic carbocycles. The number of carbonyl (C=O) groups excluding carboxylic acids is 3. The van der Waals surface area contributed by atoms with Crippen LogP contribution in [0.15, 0.2) is 54.7 Å². The lowest BCUT2D eigenvalue weighted by atomic mass is 10.0. The van der Waals surface area contributed by atoms with Gasteiger partial charge in [0.05, 0.1) is 26.5 Å². The third kappa shape index (κ3) is 7.98. The highest BCUT2D eigenvalue weighted by Crippen LogP contribution is 2.28. The first-order valence-electron chi connectivity index (χ1n) is 13.1. The Balaban J connectivity index is 1.63. The van der Waals surface area contributed by atoms with Crippen molar-refractivity contribution >= 4 is 29.5 Å². The van der Waals surface area contributed by atoms with E-state index < -0.39 is 23.9 Å². The van der Waals surface area contributed by atoms with Crippen LogP contribution < -0.4 is 25.4 Å². The molecule has 1 aliphatic heterocycles. The van der Waals surface area contributed by atoms with E-state index in [1.807, 2.05) is 36.6 Å². The van der Waals surface area contributed by atoms with Crippen LogP contribution in [-0.2, 0) is 29.1 Å². The minimum Gasteiger partial charge on any atom is -0.493 e. The molecule has 3 N–H and O–H groups in total. The highest BCUT2D eigenvalue weighted by atomic mass is 32.2. The van der Waals surface area contributed by atoms with Crippen LogP contribution >= 0.6 is 11.8 Å². The minimum atomic E-state index is -0.860. The number of nitrogens with one attached hydrogen (secondary N) is 3. The summed E-state index contributed by atoms with van der Waals surface area (Å²) in [6, 6.07) is 12.6. The van der Waals surface area contributed by atoms with Gasteiger partial charge in [0.15, 0.2) is 11.5 Å². The predicted octanol–water partition coefficient (Wildman–Crippen LogP) is 1.96. The minimum absolute atomic E-state index is 0.159. The lowest BCUT2D eigenvalue weighted by molar-refractivity contribution is -0.130. The van der Waals surface area contributed by atoms with E-state index >= 15 is 0 Å². The van der Waals surface area contributed by atoms with Crippen LogP contribution in [0.25, 0.3) is 0 Å². The van der Waals surface area contributed by atoms with Gasteiger partial charge >= 0.3 is 0 Å². The molecule has 0 fully saturated rings. The Kier molecular flexibility index (Phi) is 10.4. The van der Waals surface area contributed by atoms with Crippen molar-refractivity contribution in [1.82, 2.24) is 30.9 Å².